The first-order valence-electron chi connectivity index (χ1n) is 7.26. The van der Waals surface area contributed by atoms with Crippen LogP contribution in [0.4, 0.5) is 5.82 Å². The molecule has 22 heavy (non-hydrogen) atoms. The molecule has 1 aliphatic heterocycles. The molecule has 1 fully saturated rings. The lowest BCUT2D eigenvalue weighted by Gasteiger charge is -2.31. The van der Waals surface area contributed by atoms with Gasteiger partial charge in [0.2, 0.25) is 10.0 Å². The molecule has 1 atom stereocenters. The van der Waals surface area contributed by atoms with Gasteiger partial charge in [-0.2, -0.15) is 0 Å². The van der Waals surface area contributed by atoms with Crippen molar-refractivity contribution in [3.63, 3.8) is 0 Å². The van der Waals surface area contributed by atoms with Crippen LogP contribution in [0.3, 0.4) is 0 Å². The highest BCUT2D eigenvalue weighted by molar-refractivity contribution is 7.88. The van der Waals surface area contributed by atoms with Gasteiger partial charge in [0, 0.05) is 31.2 Å². The van der Waals surface area contributed by atoms with E-state index < -0.39 is 10.0 Å². The van der Waals surface area contributed by atoms with Crippen molar-refractivity contribution in [3.8, 4) is 0 Å². The van der Waals surface area contributed by atoms with E-state index in [0.29, 0.717) is 30.5 Å². The molecule has 0 saturated carbocycles. The van der Waals surface area contributed by atoms with Crippen molar-refractivity contribution < 1.29 is 8.42 Å². The second-order valence-electron chi connectivity index (χ2n) is 5.74. The Balaban J connectivity index is 1.66. The monoisotopic (exact) mass is 342 g/mol. The molecule has 1 unspecified atom stereocenters. The summed E-state index contributed by atoms with van der Waals surface area (Å²) in [6.07, 6.45) is 4.97. The number of fused-ring (bicyclic) bond motifs is 1. The topological polar surface area (TPSA) is 78.1 Å². The van der Waals surface area contributed by atoms with Gasteiger partial charge in [-0.1, -0.05) is 11.6 Å². The summed E-state index contributed by atoms with van der Waals surface area (Å²) in [7, 11) is -3.11. The maximum absolute atomic E-state index is 11.6. The average Bonchev–Trinajstić information content (AvgIpc) is 2.93. The summed E-state index contributed by atoms with van der Waals surface area (Å²) in [4.78, 5) is 7.51. The summed E-state index contributed by atoms with van der Waals surface area (Å²) in [6, 6.07) is 3.69. The molecule has 6 nitrogen and oxygen atoms in total. The van der Waals surface area contributed by atoms with E-state index in [4.69, 9.17) is 11.6 Å². The van der Waals surface area contributed by atoms with Gasteiger partial charge in [0.1, 0.15) is 11.5 Å². The van der Waals surface area contributed by atoms with Crippen LogP contribution in [-0.4, -0.2) is 48.6 Å². The van der Waals surface area contributed by atoms with Crippen LogP contribution >= 0.6 is 11.6 Å². The predicted octanol–water partition coefficient (Wildman–Crippen LogP) is 2.30. The van der Waals surface area contributed by atoms with E-state index in [1.807, 2.05) is 6.07 Å². The number of halogens is 1. The number of anilines is 1. The Bertz CT molecular complexity index is 774. The predicted molar refractivity (Wildman–Crippen MR) is 88.7 cm³/mol. The minimum atomic E-state index is -3.11. The van der Waals surface area contributed by atoms with E-state index in [-0.39, 0.29) is 5.92 Å². The number of rotatable bonds is 4. The average molecular weight is 343 g/mol. The van der Waals surface area contributed by atoms with Crippen molar-refractivity contribution in [3.05, 3.63) is 23.4 Å². The molecule has 0 radical (unpaired) electrons. The van der Waals surface area contributed by atoms with E-state index in [2.05, 4.69) is 15.3 Å². The minimum absolute atomic E-state index is 0.281. The minimum Gasteiger partial charge on any atom is -0.370 e. The van der Waals surface area contributed by atoms with Crippen LogP contribution in [0.5, 0.6) is 0 Å². The van der Waals surface area contributed by atoms with Gasteiger partial charge in [0.05, 0.1) is 11.3 Å². The normalized spacial score (nSPS) is 20.4. The molecule has 3 heterocycles. The van der Waals surface area contributed by atoms with Crippen LogP contribution in [0, 0.1) is 5.92 Å². The van der Waals surface area contributed by atoms with Gasteiger partial charge in [-0.3, -0.25) is 0 Å². The Morgan fingerprint density at radius 1 is 1.55 bits per heavy atom. The number of nitrogens with zero attached hydrogens (tertiary/aromatic N) is 2. The highest BCUT2D eigenvalue weighted by Crippen LogP contribution is 2.25. The Hall–Kier alpha value is -1.31. The molecule has 3 rings (SSSR count). The van der Waals surface area contributed by atoms with Crippen LogP contribution in [0.1, 0.15) is 12.8 Å². The molecule has 2 N–H and O–H groups in total. The van der Waals surface area contributed by atoms with Crippen LogP contribution in [0.15, 0.2) is 18.3 Å². The quantitative estimate of drug-likeness (QED) is 0.893. The molecule has 1 aliphatic rings. The third kappa shape index (κ3) is 3.37. The summed E-state index contributed by atoms with van der Waals surface area (Å²) in [5, 5.41) is 4.82. The number of pyridine rings is 1. The first kappa shape index (κ1) is 15.6. The molecular weight excluding hydrogens is 324 g/mol. The van der Waals surface area contributed by atoms with E-state index >= 15 is 0 Å². The molecule has 2 aromatic rings. The van der Waals surface area contributed by atoms with Crippen molar-refractivity contribution in [2.75, 3.05) is 31.2 Å². The van der Waals surface area contributed by atoms with Gasteiger partial charge < -0.3 is 10.3 Å². The molecule has 2 aromatic heterocycles. The largest absolute Gasteiger partial charge is 0.370 e. The second kappa shape index (κ2) is 6.06. The summed E-state index contributed by atoms with van der Waals surface area (Å²) >= 11 is 6.22. The van der Waals surface area contributed by atoms with Gasteiger partial charge in [0.15, 0.2) is 0 Å². The SMILES string of the molecule is CS(=O)(=O)N1CCCC(CNc2cc(Cl)c3cc[nH]c3n2)C1. The maximum atomic E-state index is 11.6. The third-order valence-electron chi connectivity index (χ3n) is 4.00. The lowest BCUT2D eigenvalue weighted by molar-refractivity contribution is 0.276. The van der Waals surface area contributed by atoms with Crippen molar-refractivity contribution >= 4 is 38.5 Å². The van der Waals surface area contributed by atoms with Gasteiger partial charge >= 0.3 is 0 Å². The van der Waals surface area contributed by atoms with Crippen LogP contribution in [-0.2, 0) is 10.0 Å². The molecule has 8 heteroatoms. The molecular formula is C14H19ClN4O2S. The summed E-state index contributed by atoms with van der Waals surface area (Å²) in [5.74, 6) is 0.986. The fourth-order valence-corrected chi connectivity index (χ4v) is 4.03. The summed E-state index contributed by atoms with van der Waals surface area (Å²) in [5.41, 5.74) is 0.747. The Labute approximate surface area is 134 Å². The number of sulfonamides is 1. The first-order chi connectivity index (χ1) is 10.4. The van der Waals surface area contributed by atoms with Crippen LogP contribution < -0.4 is 5.32 Å². The van der Waals surface area contributed by atoms with Gasteiger partial charge in [-0.05, 0) is 30.9 Å². The van der Waals surface area contributed by atoms with Crippen molar-refractivity contribution in [1.29, 1.82) is 0 Å². The number of nitrogens with one attached hydrogen (secondary N) is 2. The molecule has 0 amide bonds. The standard InChI is InChI=1S/C14H19ClN4O2S/c1-22(20,21)19-6-2-3-10(9-19)8-17-13-7-12(15)11-4-5-16-14(11)18-13/h4-5,7,10H,2-3,6,8-9H2,1H3,(H2,16,17,18). The number of hydrogen-bond acceptors (Lipinski definition) is 4. The first-order valence-corrected chi connectivity index (χ1v) is 9.49. The van der Waals surface area contributed by atoms with Crippen molar-refractivity contribution in [2.45, 2.75) is 12.8 Å². The maximum Gasteiger partial charge on any atom is 0.211 e. The Kier molecular flexibility index (Phi) is 4.29. The third-order valence-corrected chi connectivity index (χ3v) is 5.58. The molecule has 0 spiro atoms. The number of aromatic amines is 1. The van der Waals surface area contributed by atoms with Gasteiger partial charge in [0.25, 0.3) is 0 Å². The highest BCUT2D eigenvalue weighted by Gasteiger charge is 2.25. The van der Waals surface area contributed by atoms with E-state index in [0.717, 1.165) is 23.9 Å². The molecule has 120 valence electrons. The van der Waals surface area contributed by atoms with Crippen molar-refractivity contribution in [1.82, 2.24) is 14.3 Å². The zero-order valence-electron chi connectivity index (χ0n) is 12.3. The highest BCUT2D eigenvalue weighted by atomic mass is 35.5. The van der Waals surface area contributed by atoms with Gasteiger partial charge in [-0.15, -0.1) is 0 Å². The zero-order valence-corrected chi connectivity index (χ0v) is 13.9. The van der Waals surface area contributed by atoms with Crippen LogP contribution in [0.2, 0.25) is 5.02 Å². The second-order valence-corrected chi connectivity index (χ2v) is 8.13. The lowest BCUT2D eigenvalue weighted by atomic mass is 10.00. The van der Waals surface area contributed by atoms with Gasteiger partial charge in [-0.25, -0.2) is 17.7 Å². The molecule has 1 saturated heterocycles. The zero-order chi connectivity index (χ0) is 15.7. The Morgan fingerprint density at radius 2 is 2.36 bits per heavy atom. The summed E-state index contributed by atoms with van der Waals surface area (Å²) in [6.45, 7) is 1.86. The van der Waals surface area contributed by atoms with E-state index in [1.54, 1.807) is 16.6 Å². The number of H-pyrrole nitrogens is 1. The molecule has 0 bridgehead atoms. The van der Waals surface area contributed by atoms with E-state index in [9.17, 15) is 8.42 Å². The fourth-order valence-electron chi connectivity index (χ4n) is 2.83. The number of aromatic nitrogens is 2. The fraction of sp³-hybridized carbons (Fsp3) is 0.500. The molecule has 0 aromatic carbocycles. The van der Waals surface area contributed by atoms with Crippen molar-refractivity contribution in [2.24, 2.45) is 5.92 Å². The summed E-state index contributed by atoms with van der Waals surface area (Å²) < 4.78 is 24.8. The lowest BCUT2D eigenvalue weighted by Crippen LogP contribution is -2.41. The number of hydrogen-bond donors (Lipinski definition) is 2. The smallest absolute Gasteiger partial charge is 0.211 e. The van der Waals surface area contributed by atoms with Crippen LogP contribution in [0.25, 0.3) is 11.0 Å². The molecule has 0 aliphatic carbocycles. The Morgan fingerprint density at radius 3 is 3.14 bits per heavy atom. The number of piperidine rings is 1. The van der Waals surface area contributed by atoms with E-state index in [1.165, 1.54) is 6.26 Å².